The molecule has 7 aromatic carbocycles. The molecule has 0 aliphatic heterocycles. The molecule has 0 amide bonds. The van der Waals surface area contributed by atoms with Crippen LogP contribution in [0.1, 0.15) is 16.7 Å². The molecule has 230 valence electrons. The van der Waals surface area contributed by atoms with E-state index in [0.717, 1.165) is 55.4 Å². The topological polar surface area (TPSA) is 81.2 Å². The number of para-hydroxylation sites is 2. The Morgan fingerprint density at radius 1 is 0.360 bits per heavy atom. The molecule has 0 aliphatic carbocycles. The number of rotatable bonds is 4. The Kier molecular flexibility index (Phi) is 6.56. The summed E-state index contributed by atoms with van der Waals surface area (Å²) in [6, 6.07) is 58.0. The van der Waals surface area contributed by atoms with Crippen molar-refractivity contribution < 1.29 is 0 Å². The molecule has 9 rings (SSSR count). The van der Waals surface area contributed by atoms with E-state index in [0.29, 0.717) is 16.7 Å². The van der Waals surface area contributed by atoms with Gasteiger partial charge in [-0.3, -0.25) is 0 Å². The molecule has 50 heavy (non-hydrogen) atoms. The molecule has 0 atom stereocenters. The largest absolute Gasteiger partial charge is 0.309 e. The number of fused-ring (bicyclic) bond motifs is 6. The van der Waals surface area contributed by atoms with Crippen LogP contribution >= 0.6 is 0 Å². The summed E-state index contributed by atoms with van der Waals surface area (Å²) in [5.74, 6) is 0. The number of aromatic nitrogens is 2. The van der Waals surface area contributed by atoms with Gasteiger partial charge in [-0.25, -0.2) is 0 Å². The smallest absolute Gasteiger partial charge is 0.0992 e. The maximum Gasteiger partial charge on any atom is 0.0992 e. The van der Waals surface area contributed by atoms with E-state index in [9.17, 15) is 15.8 Å². The molecule has 0 fully saturated rings. The van der Waals surface area contributed by atoms with Crippen molar-refractivity contribution in [2.24, 2.45) is 0 Å². The van der Waals surface area contributed by atoms with Crippen LogP contribution in [0.25, 0.3) is 77.2 Å². The predicted molar refractivity (Wildman–Crippen MR) is 200 cm³/mol. The van der Waals surface area contributed by atoms with Gasteiger partial charge < -0.3 is 9.13 Å². The number of benzene rings is 7. The number of hydrogen-bond donors (Lipinski definition) is 0. The second kappa shape index (κ2) is 11.4. The molecular weight excluding hydrogens is 611 g/mol. The molecule has 5 heteroatoms. The van der Waals surface area contributed by atoms with E-state index in [1.165, 1.54) is 21.8 Å². The van der Waals surface area contributed by atoms with E-state index in [1.54, 1.807) is 12.1 Å². The van der Waals surface area contributed by atoms with Crippen molar-refractivity contribution in [1.82, 2.24) is 9.13 Å². The summed E-state index contributed by atoms with van der Waals surface area (Å²) in [6.07, 6.45) is 0. The van der Waals surface area contributed by atoms with E-state index in [4.69, 9.17) is 0 Å². The summed E-state index contributed by atoms with van der Waals surface area (Å²) in [7, 11) is 0. The summed E-state index contributed by atoms with van der Waals surface area (Å²) in [6.45, 7) is 0. The fraction of sp³-hybridized carbons (Fsp3) is 0. The van der Waals surface area contributed by atoms with Crippen LogP contribution in [0.3, 0.4) is 0 Å². The summed E-state index contributed by atoms with van der Waals surface area (Å²) in [5.41, 5.74) is 11.9. The van der Waals surface area contributed by atoms with Crippen molar-refractivity contribution in [3.63, 3.8) is 0 Å². The monoisotopic (exact) mass is 635 g/mol. The Morgan fingerprint density at radius 3 is 1.34 bits per heavy atom. The molecule has 0 spiro atoms. The first-order chi connectivity index (χ1) is 24.6. The van der Waals surface area contributed by atoms with Gasteiger partial charge in [0.25, 0.3) is 0 Å². The third kappa shape index (κ3) is 4.45. The van der Waals surface area contributed by atoms with Crippen LogP contribution in [0.4, 0.5) is 0 Å². The zero-order valence-corrected chi connectivity index (χ0v) is 26.7. The Balaban J connectivity index is 1.13. The lowest BCUT2D eigenvalue weighted by Crippen LogP contribution is -1.98. The maximum absolute atomic E-state index is 9.90. The lowest BCUT2D eigenvalue weighted by atomic mass is 9.98. The lowest BCUT2D eigenvalue weighted by Gasteiger charge is -2.15. The summed E-state index contributed by atoms with van der Waals surface area (Å²) in [5, 5.41) is 33.4. The van der Waals surface area contributed by atoms with Crippen LogP contribution in [-0.2, 0) is 0 Å². The molecule has 2 heterocycles. The molecule has 0 N–H and O–H groups in total. The van der Waals surface area contributed by atoms with E-state index in [2.05, 4.69) is 124 Å². The molecule has 0 aliphatic rings. The number of nitrogens with zero attached hydrogens (tertiary/aromatic N) is 5. The molecule has 0 radical (unpaired) electrons. The lowest BCUT2D eigenvalue weighted by molar-refractivity contribution is 1.18. The SMILES string of the molecule is N#Cc1ccc(-c2ccc(-c3ccc(-n4c5ccccc5c5ccccc54)cc3)cc2)c(-n2c3ccc(C#N)cc3c3cc(C#N)ccc32)c1. The van der Waals surface area contributed by atoms with Crippen molar-refractivity contribution in [3.05, 3.63) is 168 Å². The van der Waals surface area contributed by atoms with Crippen molar-refractivity contribution in [3.8, 4) is 51.8 Å². The van der Waals surface area contributed by atoms with Crippen molar-refractivity contribution in [1.29, 1.82) is 15.8 Å². The molecule has 2 aromatic heterocycles. The average molecular weight is 636 g/mol. The predicted octanol–water partition coefficient (Wildman–Crippen LogP) is 10.8. The maximum atomic E-state index is 9.90. The van der Waals surface area contributed by atoms with Crippen LogP contribution in [0, 0.1) is 34.0 Å². The highest BCUT2D eigenvalue weighted by molar-refractivity contribution is 6.11. The average Bonchev–Trinajstić information content (AvgIpc) is 3.70. The van der Waals surface area contributed by atoms with Gasteiger partial charge in [-0.2, -0.15) is 15.8 Å². The van der Waals surface area contributed by atoms with Crippen molar-refractivity contribution in [2.75, 3.05) is 0 Å². The van der Waals surface area contributed by atoms with Gasteiger partial charge in [-0.1, -0.05) is 78.9 Å². The first kappa shape index (κ1) is 28.8. The van der Waals surface area contributed by atoms with E-state index >= 15 is 0 Å². The highest BCUT2D eigenvalue weighted by atomic mass is 15.0. The van der Waals surface area contributed by atoms with Crippen molar-refractivity contribution >= 4 is 43.6 Å². The minimum atomic E-state index is 0.543. The summed E-state index contributed by atoms with van der Waals surface area (Å²) >= 11 is 0. The van der Waals surface area contributed by atoms with Crippen LogP contribution in [0.15, 0.2) is 152 Å². The van der Waals surface area contributed by atoms with Crippen LogP contribution < -0.4 is 0 Å². The third-order valence-corrected chi connectivity index (χ3v) is 9.63. The molecule has 0 bridgehead atoms. The second-order valence-electron chi connectivity index (χ2n) is 12.4. The third-order valence-electron chi connectivity index (χ3n) is 9.63. The fourth-order valence-electron chi connectivity index (χ4n) is 7.30. The quantitative estimate of drug-likeness (QED) is 0.193. The summed E-state index contributed by atoms with van der Waals surface area (Å²) in [4.78, 5) is 0. The minimum absolute atomic E-state index is 0.543. The van der Waals surface area contributed by atoms with Gasteiger partial charge in [0.2, 0.25) is 0 Å². The highest BCUT2D eigenvalue weighted by Crippen LogP contribution is 2.38. The molecule has 0 saturated heterocycles. The van der Waals surface area contributed by atoms with Gasteiger partial charge in [-0.15, -0.1) is 0 Å². The van der Waals surface area contributed by atoms with Gasteiger partial charge >= 0.3 is 0 Å². The van der Waals surface area contributed by atoms with E-state index in [1.807, 2.05) is 42.5 Å². The van der Waals surface area contributed by atoms with Gasteiger partial charge in [0, 0.05) is 32.8 Å². The highest BCUT2D eigenvalue weighted by Gasteiger charge is 2.18. The van der Waals surface area contributed by atoms with Crippen molar-refractivity contribution in [2.45, 2.75) is 0 Å². The van der Waals surface area contributed by atoms with Crippen LogP contribution in [-0.4, -0.2) is 9.13 Å². The number of nitriles is 3. The fourth-order valence-corrected chi connectivity index (χ4v) is 7.30. The van der Waals surface area contributed by atoms with Gasteiger partial charge in [0.05, 0.1) is 62.7 Å². The Hall–Kier alpha value is -7.39. The Morgan fingerprint density at radius 2 is 0.800 bits per heavy atom. The zero-order chi connectivity index (χ0) is 33.8. The number of hydrogen-bond acceptors (Lipinski definition) is 3. The molecule has 9 aromatic rings. The van der Waals surface area contributed by atoms with E-state index in [-0.39, 0.29) is 0 Å². The van der Waals surface area contributed by atoms with Gasteiger partial charge in [0.15, 0.2) is 0 Å². The molecule has 0 unspecified atom stereocenters. The molecule has 0 saturated carbocycles. The molecule has 5 nitrogen and oxygen atoms in total. The van der Waals surface area contributed by atoms with Gasteiger partial charge in [-0.05, 0) is 89.5 Å². The van der Waals surface area contributed by atoms with Gasteiger partial charge in [0.1, 0.15) is 0 Å². The van der Waals surface area contributed by atoms with Crippen LogP contribution in [0.5, 0.6) is 0 Å². The Bertz CT molecular complexity index is 2810. The second-order valence-corrected chi connectivity index (χ2v) is 12.4. The zero-order valence-electron chi connectivity index (χ0n) is 26.7. The molecular formula is C45H25N5. The Labute approximate surface area is 287 Å². The first-order valence-electron chi connectivity index (χ1n) is 16.3. The first-order valence-corrected chi connectivity index (χ1v) is 16.3. The van der Waals surface area contributed by atoms with Crippen LogP contribution in [0.2, 0.25) is 0 Å². The van der Waals surface area contributed by atoms with E-state index < -0.39 is 0 Å². The normalized spacial score (nSPS) is 11.1. The minimum Gasteiger partial charge on any atom is -0.309 e. The summed E-state index contributed by atoms with van der Waals surface area (Å²) < 4.78 is 4.45. The standard InChI is InChI=1S/C45H25N5/c46-26-29-10-21-43-39(23-29)40-24-30(27-47)11-22-44(40)50(43)45-25-31(28-48)9-20-36(45)34-14-12-32(13-15-34)33-16-18-35(19-17-33)49-41-7-3-1-5-37(41)38-6-2-4-8-42(38)49/h1-25H.